The molecule has 0 saturated heterocycles. The van der Waals surface area contributed by atoms with E-state index in [0.29, 0.717) is 11.0 Å². The van der Waals surface area contributed by atoms with Crippen molar-refractivity contribution in [2.45, 2.75) is 0 Å². The van der Waals surface area contributed by atoms with Crippen molar-refractivity contribution in [3.05, 3.63) is 63.2 Å². The molecule has 2 aromatic carbocycles. The Morgan fingerprint density at radius 1 is 1.27 bits per heavy atom. The molecule has 1 heterocycles. The van der Waals surface area contributed by atoms with E-state index in [9.17, 15) is 14.9 Å². The van der Waals surface area contributed by atoms with E-state index >= 15 is 0 Å². The highest BCUT2D eigenvalue weighted by atomic mass is 35.5. The van der Waals surface area contributed by atoms with Gasteiger partial charge in [0.05, 0.1) is 10.5 Å². The normalized spacial score (nSPS) is 10.6. The monoisotopic (exact) mass is 318 g/mol. The second kappa shape index (κ2) is 5.41. The first-order valence-corrected chi connectivity index (χ1v) is 6.41. The molecule has 9 heteroatoms. The lowest BCUT2D eigenvalue weighted by molar-refractivity contribution is -0.384. The molecule has 0 unspecified atom stereocenters. The van der Waals surface area contributed by atoms with E-state index in [1.807, 2.05) is 0 Å². The molecule has 0 radical (unpaired) electrons. The number of carbonyl (C=O) groups excluding carboxylic acids is 1. The molecule has 8 nitrogen and oxygen atoms in total. The summed E-state index contributed by atoms with van der Waals surface area (Å²) in [5.74, 6) is -0.810. The van der Waals surface area contributed by atoms with Crippen molar-refractivity contribution in [3.8, 4) is 0 Å². The Morgan fingerprint density at radius 3 is 2.82 bits per heavy atom. The van der Waals surface area contributed by atoms with Crippen LogP contribution in [0.15, 0.2) is 42.5 Å². The van der Waals surface area contributed by atoms with E-state index in [4.69, 9.17) is 16.4 Å². The van der Waals surface area contributed by atoms with Gasteiger partial charge in [0.2, 0.25) is 0 Å². The lowest BCUT2D eigenvalue weighted by Crippen LogP contribution is -2.21. The van der Waals surface area contributed by atoms with Crippen molar-refractivity contribution >= 4 is 34.3 Å². The molecule has 0 fully saturated rings. The summed E-state index contributed by atoms with van der Waals surface area (Å²) in [5.41, 5.74) is 0.659. The first-order valence-electron chi connectivity index (χ1n) is 6.03. The van der Waals surface area contributed by atoms with Gasteiger partial charge >= 0.3 is 5.97 Å². The van der Waals surface area contributed by atoms with Crippen LogP contribution in [0.3, 0.4) is 0 Å². The molecule has 0 aliphatic heterocycles. The van der Waals surface area contributed by atoms with Crippen LogP contribution in [0.25, 0.3) is 11.0 Å². The summed E-state index contributed by atoms with van der Waals surface area (Å²) in [6.45, 7) is 0. The fourth-order valence-corrected chi connectivity index (χ4v) is 2.01. The Kier molecular flexibility index (Phi) is 3.43. The standard InChI is InChI=1S/C13H7ClN4O4/c14-9-6-5-8(7-12(9)18(20)21)13(19)22-17-11-4-2-1-3-10(11)15-16-17/h1-7H. The van der Waals surface area contributed by atoms with Gasteiger partial charge < -0.3 is 4.84 Å². The first kappa shape index (κ1) is 14.0. The average Bonchev–Trinajstić information content (AvgIpc) is 2.90. The molecular weight excluding hydrogens is 312 g/mol. The van der Waals surface area contributed by atoms with Gasteiger partial charge in [0.25, 0.3) is 5.69 Å². The number of hydrogen-bond donors (Lipinski definition) is 0. The molecule has 0 N–H and O–H groups in total. The Morgan fingerprint density at radius 2 is 2.05 bits per heavy atom. The van der Waals surface area contributed by atoms with Gasteiger partial charge in [0.1, 0.15) is 16.1 Å². The number of aromatic nitrogens is 3. The molecule has 22 heavy (non-hydrogen) atoms. The topological polar surface area (TPSA) is 100 Å². The molecular formula is C13H7ClN4O4. The number of rotatable bonds is 3. The molecule has 0 bridgehead atoms. The van der Waals surface area contributed by atoms with Crippen molar-refractivity contribution in [2.75, 3.05) is 0 Å². The molecule has 1 aromatic heterocycles. The highest BCUT2D eigenvalue weighted by Gasteiger charge is 2.18. The number of para-hydroxylation sites is 1. The van der Waals surface area contributed by atoms with Gasteiger partial charge in [-0.2, -0.15) is 0 Å². The first-order chi connectivity index (χ1) is 10.6. The molecule has 0 amide bonds. The third-order valence-corrected chi connectivity index (χ3v) is 3.19. The average molecular weight is 319 g/mol. The third-order valence-electron chi connectivity index (χ3n) is 2.87. The summed E-state index contributed by atoms with van der Waals surface area (Å²) in [4.78, 5) is 28.2. The number of benzene rings is 2. The van der Waals surface area contributed by atoms with Gasteiger partial charge in [-0.3, -0.25) is 10.1 Å². The molecule has 0 saturated carbocycles. The number of halogens is 1. The number of carbonyl (C=O) groups is 1. The molecule has 3 aromatic rings. The van der Waals surface area contributed by atoms with Gasteiger partial charge in [-0.1, -0.05) is 28.6 Å². The minimum Gasteiger partial charge on any atom is -0.312 e. The molecule has 3 rings (SSSR count). The Hall–Kier alpha value is -3.00. The van der Waals surface area contributed by atoms with Gasteiger partial charge in [0, 0.05) is 6.07 Å². The summed E-state index contributed by atoms with van der Waals surface area (Å²) in [6, 6.07) is 10.5. The van der Waals surface area contributed by atoms with E-state index in [1.54, 1.807) is 24.3 Å². The van der Waals surface area contributed by atoms with Crippen LogP contribution >= 0.6 is 11.6 Å². The van der Waals surface area contributed by atoms with E-state index in [0.717, 1.165) is 10.9 Å². The van der Waals surface area contributed by atoms with E-state index in [2.05, 4.69) is 10.3 Å². The largest absolute Gasteiger partial charge is 0.366 e. The lowest BCUT2D eigenvalue weighted by Gasteiger charge is -2.03. The van der Waals surface area contributed by atoms with Gasteiger partial charge in [-0.25, -0.2) is 4.79 Å². The predicted molar refractivity (Wildman–Crippen MR) is 76.5 cm³/mol. The maximum absolute atomic E-state index is 12.1. The van der Waals surface area contributed by atoms with Crippen LogP contribution in [-0.2, 0) is 0 Å². The van der Waals surface area contributed by atoms with Gasteiger partial charge in [-0.05, 0) is 29.5 Å². The van der Waals surface area contributed by atoms with Crippen molar-refractivity contribution in [1.82, 2.24) is 15.2 Å². The van der Waals surface area contributed by atoms with Crippen LogP contribution in [0.5, 0.6) is 0 Å². The van der Waals surface area contributed by atoms with E-state index < -0.39 is 10.9 Å². The number of nitro benzene ring substituents is 1. The van der Waals surface area contributed by atoms with Crippen LogP contribution in [-0.4, -0.2) is 26.0 Å². The number of hydrogen-bond acceptors (Lipinski definition) is 6. The van der Waals surface area contributed by atoms with Crippen LogP contribution in [0.4, 0.5) is 5.69 Å². The van der Waals surface area contributed by atoms with E-state index in [1.165, 1.54) is 12.1 Å². The summed E-state index contributed by atoms with van der Waals surface area (Å²) >= 11 is 5.70. The van der Waals surface area contributed by atoms with E-state index in [-0.39, 0.29) is 16.3 Å². The molecule has 0 aliphatic carbocycles. The third kappa shape index (κ3) is 2.47. The summed E-state index contributed by atoms with van der Waals surface area (Å²) in [7, 11) is 0. The second-order valence-electron chi connectivity index (χ2n) is 4.25. The van der Waals surface area contributed by atoms with Crippen LogP contribution in [0.2, 0.25) is 5.02 Å². The Bertz CT molecular complexity index is 893. The molecule has 110 valence electrons. The zero-order valence-corrected chi connectivity index (χ0v) is 11.6. The molecule has 0 aliphatic rings. The van der Waals surface area contributed by atoms with Gasteiger partial charge in [-0.15, -0.1) is 5.10 Å². The van der Waals surface area contributed by atoms with Crippen LogP contribution in [0.1, 0.15) is 10.4 Å². The zero-order valence-electron chi connectivity index (χ0n) is 10.8. The van der Waals surface area contributed by atoms with Crippen molar-refractivity contribution in [2.24, 2.45) is 0 Å². The smallest absolute Gasteiger partial charge is 0.312 e. The highest BCUT2D eigenvalue weighted by molar-refractivity contribution is 6.32. The molecule has 0 atom stereocenters. The second-order valence-corrected chi connectivity index (χ2v) is 4.66. The van der Waals surface area contributed by atoms with Crippen molar-refractivity contribution < 1.29 is 14.6 Å². The quantitative estimate of drug-likeness (QED) is 0.417. The highest BCUT2D eigenvalue weighted by Crippen LogP contribution is 2.25. The minimum absolute atomic E-state index is 0.0179. The SMILES string of the molecule is O=C(On1nnc2ccccc21)c1ccc(Cl)c([N+](=O)[O-])c1. The van der Waals surface area contributed by atoms with Gasteiger partial charge in [0.15, 0.2) is 0 Å². The van der Waals surface area contributed by atoms with Crippen molar-refractivity contribution in [3.63, 3.8) is 0 Å². The van der Waals surface area contributed by atoms with Crippen molar-refractivity contribution in [1.29, 1.82) is 0 Å². The number of fused-ring (bicyclic) bond motifs is 1. The molecule has 0 spiro atoms. The fourth-order valence-electron chi connectivity index (χ4n) is 1.83. The predicted octanol–water partition coefficient (Wildman–Crippen LogP) is 2.26. The Labute approximate surface area is 128 Å². The lowest BCUT2D eigenvalue weighted by atomic mass is 10.2. The maximum atomic E-state index is 12.1. The van der Waals surface area contributed by atoms with Crippen LogP contribution < -0.4 is 4.84 Å². The van der Waals surface area contributed by atoms with Crippen LogP contribution in [0, 0.1) is 10.1 Å². The minimum atomic E-state index is -0.810. The zero-order chi connectivity index (χ0) is 15.7. The maximum Gasteiger partial charge on any atom is 0.366 e. The fraction of sp³-hybridized carbons (Fsp3) is 0. The Balaban J connectivity index is 1.92. The summed E-state index contributed by atoms with van der Waals surface area (Å²) in [6.07, 6.45) is 0. The summed E-state index contributed by atoms with van der Waals surface area (Å²) < 4.78 is 0. The number of nitrogens with zero attached hydrogens (tertiary/aromatic N) is 4. The number of nitro groups is 1. The summed E-state index contributed by atoms with van der Waals surface area (Å²) in [5, 5.41) is 18.3.